The molecule has 0 aromatic heterocycles. The van der Waals surface area contributed by atoms with Crippen molar-refractivity contribution in [3.8, 4) is 0 Å². The highest BCUT2D eigenvalue weighted by atomic mass is 79.9. The molecular weight excluding hydrogens is 578 g/mol. The summed E-state index contributed by atoms with van der Waals surface area (Å²) in [5.41, 5.74) is 2.31. The van der Waals surface area contributed by atoms with Gasteiger partial charge in [0, 0.05) is 23.0 Å². The fourth-order valence-corrected chi connectivity index (χ4v) is 5.63. The number of benzene rings is 3. The lowest BCUT2D eigenvalue weighted by molar-refractivity contribution is -0.140. The number of nitrogens with one attached hydrogen (secondary N) is 1. The van der Waals surface area contributed by atoms with Crippen LogP contribution >= 0.6 is 15.9 Å². The zero-order valence-electron chi connectivity index (χ0n) is 23.0. The number of para-hydroxylation sites is 1. The van der Waals surface area contributed by atoms with Crippen LogP contribution in [0.5, 0.6) is 0 Å². The lowest BCUT2D eigenvalue weighted by atomic mass is 10.0. The summed E-state index contributed by atoms with van der Waals surface area (Å²) >= 11 is 3.48. The van der Waals surface area contributed by atoms with Crippen molar-refractivity contribution in [2.75, 3.05) is 17.1 Å². The molecule has 7 nitrogen and oxygen atoms in total. The first-order valence-corrected chi connectivity index (χ1v) is 15.3. The van der Waals surface area contributed by atoms with E-state index in [9.17, 15) is 18.0 Å². The van der Waals surface area contributed by atoms with Gasteiger partial charge in [0.15, 0.2) is 0 Å². The largest absolute Gasteiger partial charge is 0.350 e. The van der Waals surface area contributed by atoms with E-state index < -0.39 is 34.1 Å². The van der Waals surface area contributed by atoms with Gasteiger partial charge in [-0.1, -0.05) is 76.6 Å². The molecular formula is C30H36BrN3O4S. The Morgan fingerprint density at radius 1 is 0.923 bits per heavy atom. The first-order chi connectivity index (χ1) is 18.2. The third-order valence-electron chi connectivity index (χ3n) is 6.07. The standard InChI is InChI=1S/C30H36BrN3O4S/c1-22-12-9-10-17-26(22)34(39(5,37)38)21-28(35)33(20-24-15-11-16-25(31)18-24)27(29(36)32-30(2,3)4)19-23-13-7-6-8-14-23/h6-18,27H,19-21H2,1-5H3,(H,32,36)/t27-/m0/s1. The van der Waals surface area contributed by atoms with Crippen LogP contribution < -0.4 is 9.62 Å². The van der Waals surface area contributed by atoms with E-state index in [1.54, 1.807) is 25.1 Å². The van der Waals surface area contributed by atoms with E-state index in [-0.39, 0.29) is 18.9 Å². The summed E-state index contributed by atoms with van der Waals surface area (Å²) in [5.74, 6) is -0.787. The number of amides is 2. The van der Waals surface area contributed by atoms with E-state index in [1.807, 2.05) is 81.4 Å². The number of rotatable bonds is 10. The predicted molar refractivity (Wildman–Crippen MR) is 160 cm³/mol. The molecule has 3 rings (SSSR count). The molecule has 3 aromatic rings. The SMILES string of the molecule is Cc1ccccc1N(CC(=O)N(Cc1cccc(Br)c1)[C@@H](Cc1ccccc1)C(=O)NC(C)(C)C)S(C)(=O)=O. The Labute approximate surface area is 240 Å². The molecule has 2 amide bonds. The molecule has 3 aromatic carbocycles. The molecule has 0 saturated carbocycles. The van der Waals surface area contributed by atoms with Crippen LogP contribution in [0, 0.1) is 6.92 Å². The molecule has 1 atom stereocenters. The van der Waals surface area contributed by atoms with Crippen LogP contribution in [0.25, 0.3) is 0 Å². The van der Waals surface area contributed by atoms with Crippen molar-refractivity contribution in [2.45, 2.75) is 52.2 Å². The normalized spacial score (nSPS) is 12.5. The molecule has 0 unspecified atom stereocenters. The topological polar surface area (TPSA) is 86.8 Å². The maximum absolute atomic E-state index is 14.1. The van der Waals surface area contributed by atoms with Gasteiger partial charge in [0.1, 0.15) is 12.6 Å². The van der Waals surface area contributed by atoms with Gasteiger partial charge in [-0.2, -0.15) is 0 Å². The van der Waals surface area contributed by atoms with E-state index in [4.69, 9.17) is 0 Å². The quantitative estimate of drug-likeness (QED) is 0.345. The number of hydrogen-bond acceptors (Lipinski definition) is 4. The van der Waals surface area contributed by atoms with Gasteiger partial charge in [-0.05, 0) is 62.6 Å². The van der Waals surface area contributed by atoms with Gasteiger partial charge in [0.25, 0.3) is 0 Å². The molecule has 0 radical (unpaired) electrons. The summed E-state index contributed by atoms with van der Waals surface area (Å²) in [6.45, 7) is 7.13. The van der Waals surface area contributed by atoms with Crippen molar-refractivity contribution in [3.63, 3.8) is 0 Å². The summed E-state index contributed by atoms with van der Waals surface area (Å²) in [6, 6.07) is 23.1. The van der Waals surface area contributed by atoms with Crippen LogP contribution in [0.4, 0.5) is 5.69 Å². The van der Waals surface area contributed by atoms with Crippen LogP contribution in [-0.4, -0.2) is 49.5 Å². The Morgan fingerprint density at radius 2 is 1.54 bits per heavy atom. The van der Waals surface area contributed by atoms with Gasteiger partial charge in [0.05, 0.1) is 11.9 Å². The number of nitrogens with zero attached hydrogens (tertiary/aromatic N) is 2. The summed E-state index contributed by atoms with van der Waals surface area (Å²) in [7, 11) is -3.80. The van der Waals surface area contributed by atoms with Gasteiger partial charge in [-0.3, -0.25) is 13.9 Å². The third kappa shape index (κ3) is 8.93. The van der Waals surface area contributed by atoms with Crippen LogP contribution in [-0.2, 0) is 32.6 Å². The van der Waals surface area contributed by atoms with Gasteiger partial charge in [0.2, 0.25) is 21.8 Å². The van der Waals surface area contributed by atoms with E-state index >= 15 is 0 Å². The molecule has 1 N–H and O–H groups in total. The van der Waals surface area contributed by atoms with Gasteiger partial charge in [-0.15, -0.1) is 0 Å². The van der Waals surface area contributed by atoms with Gasteiger partial charge < -0.3 is 10.2 Å². The number of halogens is 1. The third-order valence-corrected chi connectivity index (χ3v) is 7.69. The number of sulfonamides is 1. The molecule has 39 heavy (non-hydrogen) atoms. The minimum atomic E-state index is -3.80. The average molecular weight is 615 g/mol. The van der Waals surface area contributed by atoms with Crippen molar-refractivity contribution in [3.05, 3.63) is 100 Å². The minimum absolute atomic E-state index is 0.124. The van der Waals surface area contributed by atoms with Gasteiger partial charge >= 0.3 is 0 Å². The average Bonchev–Trinajstić information content (AvgIpc) is 2.84. The molecule has 0 fully saturated rings. The second-order valence-electron chi connectivity index (χ2n) is 10.7. The van der Waals surface area contributed by atoms with Crippen molar-refractivity contribution >= 4 is 43.5 Å². The fraction of sp³-hybridized carbons (Fsp3) is 0.333. The summed E-state index contributed by atoms with van der Waals surface area (Å²) in [5, 5.41) is 3.02. The Bertz CT molecular complexity index is 1400. The van der Waals surface area contributed by atoms with Crippen LogP contribution in [0.15, 0.2) is 83.3 Å². The van der Waals surface area contributed by atoms with E-state index in [1.165, 1.54) is 4.90 Å². The molecule has 9 heteroatoms. The van der Waals surface area contributed by atoms with Crippen molar-refractivity contribution in [1.82, 2.24) is 10.2 Å². The highest BCUT2D eigenvalue weighted by Gasteiger charge is 2.34. The van der Waals surface area contributed by atoms with E-state index in [0.717, 1.165) is 31.7 Å². The summed E-state index contributed by atoms with van der Waals surface area (Å²) < 4.78 is 27.7. The highest BCUT2D eigenvalue weighted by Crippen LogP contribution is 2.24. The maximum Gasteiger partial charge on any atom is 0.244 e. The monoisotopic (exact) mass is 613 g/mol. The molecule has 0 aliphatic rings. The maximum atomic E-state index is 14.1. The molecule has 0 saturated heterocycles. The molecule has 0 aliphatic carbocycles. The highest BCUT2D eigenvalue weighted by molar-refractivity contribution is 9.10. The lowest BCUT2D eigenvalue weighted by Gasteiger charge is -2.35. The Hall–Kier alpha value is -3.17. The zero-order chi connectivity index (χ0) is 28.8. The molecule has 0 spiro atoms. The smallest absolute Gasteiger partial charge is 0.244 e. The predicted octanol–water partition coefficient (Wildman–Crippen LogP) is 5.08. The second-order valence-corrected chi connectivity index (χ2v) is 13.5. The Morgan fingerprint density at radius 3 is 2.13 bits per heavy atom. The molecule has 0 aliphatic heterocycles. The van der Waals surface area contributed by atoms with Crippen LogP contribution in [0.3, 0.4) is 0 Å². The fourth-order valence-electron chi connectivity index (χ4n) is 4.28. The Kier molecular flexibility index (Phi) is 9.96. The van der Waals surface area contributed by atoms with Crippen molar-refractivity contribution in [2.24, 2.45) is 0 Å². The van der Waals surface area contributed by atoms with E-state index in [0.29, 0.717) is 5.69 Å². The molecule has 0 bridgehead atoms. The van der Waals surface area contributed by atoms with Gasteiger partial charge in [-0.25, -0.2) is 8.42 Å². The molecule has 0 heterocycles. The van der Waals surface area contributed by atoms with Crippen molar-refractivity contribution < 1.29 is 18.0 Å². The Balaban J connectivity index is 2.09. The number of carbonyl (C=O) groups excluding carboxylic acids is 2. The summed E-state index contributed by atoms with van der Waals surface area (Å²) in [4.78, 5) is 29.3. The van der Waals surface area contributed by atoms with Crippen LogP contribution in [0.2, 0.25) is 0 Å². The van der Waals surface area contributed by atoms with Crippen LogP contribution in [0.1, 0.15) is 37.5 Å². The number of anilines is 1. The first kappa shape index (κ1) is 30.4. The zero-order valence-corrected chi connectivity index (χ0v) is 25.4. The number of aryl methyl sites for hydroxylation is 1. The molecule has 208 valence electrons. The number of carbonyl (C=O) groups is 2. The number of hydrogen-bond donors (Lipinski definition) is 1. The summed E-state index contributed by atoms with van der Waals surface area (Å²) in [6.07, 6.45) is 1.35. The minimum Gasteiger partial charge on any atom is -0.350 e. The van der Waals surface area contributed by atoms with E-state index in [2.05, 4.69) is 21.2 Å². The van der Waals surface area contributed by atoms with Crippen molar-refractivity contribution in [1.29, 1.82) is 0 Å². The first-order valence-electron chi connectivity index (χ1n) is 12.7. The lowest BCUT2D eigenvalue weighted by Crippen LogP contribution is -2.56. The second kappa shape index (κ2) is 12.8.